The predicted octanol–water partition coefficient (Wildman–Crippen LogP) is 1.21. The second-order valence-corrected chi connectivity index (χ2v) is 4.64. The Kier molecular flexibility index (Phi) is 5.29. The molecule has 1 fully saturated rings. The van der Waals surface area contributed by atoms with E-state index in [4.69, 9.17) is 0 Å². The van der Waals surface area contributed by atoms with Gasteiger partial charge in [0.15, 0.2) is 0 Å². The molecule has 1 rings (SSSR count). The van der Waals surface area contributed by atoms with Crippen molar-refractivity contribution in [3.05, 3.63) is 0 Å². The molecule has 0 spiro atoms. The zero-order valence-corrected chi connectivity index (χ0v) is 10.2. The van der Waals surface area contributed by atoms with E-state index < -0.39 is 0 Å². The first-order valence-electron chi connectivity index (χ1n) is 6.11. The van der Waals surface area contributed by atoms with Crippen molar-refractivity contribution in [2.45, 2.75) is 52.0 Å². The summed E-state index contributed by atoms with van der Waals surface area (Å²) in [5.74, 6) is 0.469. The summed E-state index contributed by atoms with van der Waals surface area (Å²) in [4.78, 5) is 22.0. The van der Waals surface area contributed by atoms with E-state index in [1.54, 1.807) is 0 Å². The van der Waals surface area contributed by atoms with E-state index in [0.717, 1.165) is 12.8 Å². The first-order chi connectivity index (χ1) is 7.59. The van der Waals surface area contributed by atoms with Crippen molar-refractivity contribution in [1.82, 2.24) is 10.6 Å². The monoisotopic (exact) mass is 226 g/mol. The van der Waals surface area contributed by atoms with Gasteiger partial charge in [-0.3, -0.25) is 9.59 Å². The molecule has 0 heterocycles. The van der Waals surface area contributed by atoms with Gasteiger partial charge in [-0.05, 0) is 18.8 Å². The third-order valence-electron chi connectivity index (χ3n) is 3.18. The molecule has 1 aliphatic rings. The van der Waals surface area contributed by atoms with Gasteiger partial charge < -0.3 is 10.6 Å². The average Bonchev–Trinajstić information content (AvgIpc) is 2.25. The van der Waals surface area contributed by atoms with Crippen molar-refractivity contribution >= 4 is 11.8 Å². The van der Waals surface area contributed by atoms with Crippen LogP contribution < -0.4 is 10.6 Å². The average molecular weight is 226 g/mol. The van der Waals surface area contributed by atoms with Crippen molar-refractivity contribution in [3.8, 4) is 0 Å². The van der Waals surface area contributed by atoms with Crippen molar-refractivity contribution < 1.29 is 9.59 Å². The fourth-order valence-electron chi connectivity index (χ4n) is 2.39. The lowest BCUT2D eigenvalue weighted by molar-refractivity contribution is -0.122. The van der Waals surface area contributed by atoms with Crippen molar-refractivity contribution in [2.24, 2.45) is 5.92 Å². The number of hydrogen-bond acceptors (Lipinski definition) is 2. The maximum absolute atomic E-state index is 11.1. The van der Waals surface area contributed by atoms with Crippen LogP contribution in [0.4, 0.5) is 0 Å². The van der Waals surface area contributed by atoms with Crippen molar-refractivity contribution in [2.75, 3.05) is 6.54 Å². The van der Waals surface area contributed by atoms with Crippen LogP contribution in [-0.4, -0.2) is 24.4 Å². The zero-order valence-electron chi connectivity index (χ0n) is 10.2. The van der Waals surface area contributed by atoms with Crippen LogP contribution in [0.2, 0.25) is 0 Å². The van der Waals surface area contributed by atoms with Crippen LogP contribution in [0.3, 0.4) is 0 Å². The van der Waals surface area contributed by atoms with Crippen molar-refractivity contribution in [1.29, 1.82) is 0 Å². The Labute approximate surface area is 97.2 Å². The standard InChI is InChI=1S/C12H22N2O2/c1-9(15)13-8-12(14-10(2)16)11-6-4-3-5-7-11/h11-12H,3-8H2,1-2H3,(H,13,15)(H,14,16)/t12-/m0/s1. The van der Waals surface area contributed by atoms with E-state index >= 15 is 0 Å². The molecule has 0 aromatic rings. The Bertz CT molecular complexity index is 247. The van der Waals surface area contributed by atoms with Gasteiger partial charge in [-0.25, -0.2) is 0 Å². The summed E-state index contributed by atoms with van der Waals surface area (Å²) in [6.07, 6.45) is 6.08. The van der Waals surface area contributed by atoms with Crippen molar-refractivity contribution in [3.63, 3.8) is 0 Å². The number of rotatable bonds is 4. The maximum atomic E-state index is 11.1. The molecule has 4 heteroatoms. The number of hydrogen-bond donors (Lipinski definition) is 2. The molecular formula is C12H22N2O2. The molecule has 2 N–H and O–H groups in total. The third-order valence-corrected chi connectivity index (χ3v) is 3.18. The quantitative estimate of drug-likeness (QED) is 0.757. The van der Waals surface area contributed by atoms with E-state index in [1.807, 2.05) is 0 Å². The lowest BCUT2D eigenvalue weighted by Crippen LogP contribution is -2.47. The third kappa shape index (κ3) is 4.64. The molecule has 0 saturated heterocycles. The summed E-state index contributed by atoms with van der Waals surface area (Å²) in [5, 5.41) is 5.75. The first kappa shape index (κ1) is 13.0. The Balaban J connectivity index is 2.47. The Morgan fingerprint density at radius 3 is 2.25 bits per heavy atom. The van der Waals surface area contributed by atoms with Gasteiger partial charge in [0, 0.05) is 26.4 Å². The summed E-state index contributed by atoms with van der Waals surface area (Å²) in [6, 6.07) is 0.0988. The molecule has 0 radical (unpaired) electrons. The highest BCUT2D eigenvalue weighted by atomic mass is 16.2. The fourth-order valence-corrected chi connectivity index (χ4v) is 2.39. The predicted molar refractivity (Wildman–Crippen MR) is 62.9 cm³/mol. The smallest absolute Gasteiger partial charge is 0.217 e. The van der Waals surface area contributed by atoms with E-state index in [1.165, 1.54) is 33.1 Å². The maximum Gasteiger partial charge on any atom is 0.217 e. The minimum Gasteiger partial charge on any atom is -0.354 e. The molecule has 1 aliphatic carbocycles. The van der Waals surface area contributed by atoms with Gasteiger partial charge in [-0.1, -0.05) is 19.3 Å². The van der Waals surface area contributed by atoms with E-state index in [2.05, 4.69) is 10.6 Å². The molecule has 0 bridgehead atoms. The van der Waals surface area contributed by atoms with Gasteiger partial charge in [-0.2, -0.15) is 0 Å². The molecule has 1 atom stereocenters. The molecule has 0 aromatic heterocycles. The zero-order chi connectivity index (χ0) is 12.0. The number of nitrogens with one attached hydrogen (secondary N) is 2. The van der Waals surface area contributed by atoms with Crippen LogP contribution in [0.1, 0.15) is 46.0 Å². The SMILES string of the molecule is CC(=O)NC[C@H](NC(C)=O)C1CCCCC1. The van der Waals surface area contributed by atoms with Crippen LogP contribution >= 0.6 is 0 Å². The van der Waals surface area contributed by atoms with E-state index in [9.17, 15) is 9.59 Å². The molecule has 0 aliphatic heterocycles. The van der Waals surface area contributed by atoms with E-state index in [-0.39, 0.29) is 17.9 Å². The van der Waals surface area contributed by atoms with Gasteiger partial charge in [0.05, 0.1) is 0 Å². The molecule has 0 unspecified atom stereocenters. The van der Waals surface area contributed by atoms with Gasteiger partial charge in [0.2, 0.25) is 11.8 Å². The first-order valence-corrected chi connectivity index (χ1v) is 6.11. The fraction of sp³-hybridized carbons (Fsp3) is 0.833. The second-order valence-electron chi connectivity index (χ2n) is 4.64. The normalized spacial score (nSPS) is 18.9. The number of carbonyl (C=O) groups excluding carboxylic acids is 2. The van der Waals surface area contributed by atoms with Gasteiger partial charge in [0.25, 0.3) is 0 Å². The molecule has 0 aromatic carbocycles. The highest BCUT2D eigenvalue weighted by Crippen LogP contribution is 2.26. The van der Waals surface area contributed by atoms with Crippen LogP contribution in [0.5, 0.6) is 0 Å². The van der Waals surface area contributed by atoms with Gasteiger partial charge in [-0.15, -0.1) is 0 Å². The number of amides is 2. The molecule has 2 amide bonds. The largest absolute Gasteiger partial charge is 0.354 e. The molecule has 16 heavy (non-hydrogen) atoms. The highest BCUT2D eigenvalue weighted by molar-refractivity contribution is 5.74. The minimum absolute atomic E-state index is 0.0130. The second kappa shape index (κ2) is 6.51. The molecule has 92 valence electrons. The van der Waals surface area contributed by atoms with Crippen LogP contribution in [-0.2, 0) is 9.59 Å². The molecular weight excluding hydrogens is 204 g/mol. The summed E-state index contributed by atoms with van der Waals surface area (Å²) in [7, 11) is 0. The van der Waals surface area contributed by atoms with Crippen LogP contribution in [0.25, 0.3) is 0 Å². The molecule has 4 nitrogen and oxygen atoms in total. The highest BCUT2D eigenvalue weighted by Gasteiger charge is 2.24. The Morgan fingerprint density at radius 1 is 1.12 bits per heavy atom. The minimum atomic E-state index is -0.0360. The van der Waals surface area contributed by atoms with E-state index in [0.29, 0.717) is 12.5 Å². The number of carbonyl (C=O) groups is 2. The van der Waals surface area contributed by atoms with Crippen LogP contribution in [0.15, 0.2) is 0 Å². The Hall–Kier alpha value is -1.06. The molecule has 1 saturated carbocycles. The van der Waals surface area contributed by atoms with Gasteiger partial charge >= 0.3 is 0 Å². The van der Waals surface area contributed by atoms with Crippen LogP contribution in [0, 0.1) is 5.92 Å². The summed E-state index contributed by atoms with van der Waals surface area (Å²) in [6.45, 7) is 3.59. The summed E-state index contributed by atoms with van der Waals surface area (Å²) < 4.78 is 0. The summed E-state index contributed by atoms with van der Waals surface area (Å²) in [5.41, 5.74) is 0. The topological polar surface area (TPSA) is 58.2 Å². The lowest BCUT2D eigenvalue weighted by atomic mass is 9.84. The summed E-state index contributed by atoms with van der Waals surface area (Å²) >= 11 is 0. The lowest BCUT2D eigenvalue weighted by Gasteiger charge is -2.30. The Morgan fingerprint density at radius 2 is 1.75 bits per heavy atom. The van der Waals surface area contributed by atoms with Gasteiger partial charge in [0.1, 0.15) is 0 Å².